The van der Waals surface area contributed by atoms with Crippen molar-refractivity contribution in [3.8, 4) is 0 Å². The molecule has 4 N–H and O–H groups in total. The van der Waals surface area contributed by atoms with Crippen LogP contribution in [0.15, 0.2) is 78.2 Å². The average molecular weight is 531 g/mol. The molecule has 0 bridgehead atoms. The Hall–Kier alpha value is -3.62. The van der Waals surface area contributed by atoms with Crippen LogP contribution in [0.1, 0.15) is 24.0 Å². The number of benzene rings is 3. The molecule has 198 valence electrons. The van der Waals surface area contributed by atoms with Crippen LogP contribution in [-0.2, 0) is 20.8 Å². The highest BCUT2D eigenvalue weighted by atomic mass is 32.2. The summed E-state index contributed by atoms with van der Waals surface area (Å²) in [7, 11) is 0. The summed E-state index contributed by atoms with van der Waals surface area (Å²) in [5, 5.41) is 16.1. The van der Waals surface area contributed by atoms with Crippen molar-refractivity contribution in [3.05, 3.63) is 89.3 Å². The molecule has 1 fully saturated rings. The number of carbonyl (C=O) groups excluding carboxylic acids is 3. The summed E-state index contributed by atoms with van der Waals surface area (Å²) in [6.45, 7) is 1.91. The van der Waals surface area contributed by atoms with Gasteiger partial charge in [-0.25, -0.2) is 0 Å². The SMILES string of the molecule is O=C(Cc1cccc2ccccc12)NCCNC(=O)C1(NC(=O)CS/C=C/c2ccccc2)CCNCC1. The van der Waals surface area contributed by atoms with Gasteiger partial charge in [-0.2, -0.15) is 0 Å². The topological polar surface area (TPSA) is 99.3 Å². The second-order valence-corrected chi connectivity index (χ2v) is 10.2. The van der Waals surface area contributed by atoms with E-state index >= 15 is 0 Å². The standard InChI is InChI=1S/C30H34N4O3S/c35-27(21-25-11-6-10-24-9-4-5-12-26(24)25)32-18-19-33-29(37)30(14-16-31-17-15-30)34-28(36)22-38-20-13-23-7-2-1-3-8-23/h1-13,20,31H,14-19,21-22H2,(H,32,35)(H,33,37)(H,34,36)/b20-13+. The van der Waals surface area contributed by atoms with E-state index in [2.05, 4.69) is 21.3 Å². The lowest BCUT2D eigenvalue weighted by Gasteiger charge is -2.37. The van der Waals surface area contributed by atoms with Crippen LogP contribution >= 0.6 is 11.8 Å². The number of amides is 3. The highest BCUT2D eigenvalue weighted by Crippen LogP contribution is 2.20. The Balaban J connectivity index is 1.23. The van der Waals surface area contributed by atoms with Gasteiger partial charge in [0.2, 0.25) is 17.7 Å². The van der Waals surface area contributed by atoms with Crippen LogP contribution < -0.4 is 21.3 Å². The van der Waals surface area contributed by atoms with Crippen molar-refractivity contribution >= 4 is 46.3 Å². The molecule has 7 nitrogen and oxygen atoms in total. The lowest BCUT2D eigenvalue weighted by molar-refractivity contribution is -0.133. The number of carbonyl (C=O) groups is 3. The zero-order valence-corrected chi connectivity index (χ0v) is 22.2. The molecule has 0 unspecified atom stereocenters. The Morgan fingerprint density at radius 3 is 2.37 bits per heavy atom. The minimum atomic E-state index is -0.945. The second-order valence-electron chi connectivity index (χ2n) is 9.33. The van der Waals surface area contributed by atoms with E-state index < -0.39 is 5.54 Å². The van der Waals surface area contributed by atoms with Gasteiger partial charge >= 0.3 is 0 Å². The van der Waals surface area contributed by atoms with Crippen molar-refractivity contribution in [1.82, 2.24) is 21.3 Å². The lowest BCUT2D eigenvalue weighted by Crippen LogP contribution is -2.63. The number of hydrogen-bond acceptors (Lipinski definition) is 5. The molecule has 1 saturated heterocycles. The van der Waals surface area contributed by atoms with Gasteiger partial charge in [-0.3, -0.25) is 14.4 Å². The van der Waals surface area contributed by atoms with Gasteiger partial charge in [-0.05, 0) is 59.3 Å². The monoisotopic (exact) mass is 530 g/mol. The molecular weight excluding hydrogens is 496 g/mol. The normalized spacial score (nSPS) is 14.7. The molecule has 38 heavy (non-hydrogen) atoms. The molecule has 0 aliphatic carbocycles. The Labute approximate surface area is 227 Å². The molecule has 0 aromatic heterocycles. The number of piperidine rings is 1. The fourth-order valence-corrected chi connectivity index (χ4v) is 5.18. The van der Waals surface area contributed by atoms with E-state index in [-0.39, 0.29) is 29.9 Å². The zero-order chi connectivity index (χ0) is 26.6. The molecule has 8 heteroatoms. The molecule has 4 rings (SSSR count). The van der Waals surface area contributed by atoms with E-state index in [0.29, 0.717) is 39.0 Å². The van der Waals surface area contributed by atoms with Crippen LogP contribution in [0.4, 0.5) is 0 Å². The van der Waals surface area contributed by atoms with E-state index in [1.165, 1.54) is 11.8 Å². The number of nitrogens with one attached hydrogen (secondary N) is 4. The largest absolute Gasteiger partial charge is 0.354 e. The molecule has 0 radical (unpaired) electrons. The number of thioether (sulfide) groups is 1. The summed E-state index contributed by atoms with van der Waals surface area (Å²) in [5.41, 5.74) is 1.09. The molecule has 0 atom stereocenters. The molecule has 0 saturated carbocycles. The van der Waals surface area contributed by atoms with E-state index in [0.717, 1.165) is 21.9 Å². The van der Waals surface area contributed by atoms with Crippen LogP contribution in [-0.4, -0.2) is 55.2 Å². The predicted octanol–water partition coefficient (Wildman–Crippen LogP) is 3.26. The summed E-state index contributed by atoms with van der Waals surface area (Å²) in [6, 6.07) is 23.8. The number of rotatable bonds is 11. The van der Waals surface area contributed by atoms with Gasteiger partial charge in [0.25, 0.3) is 0 Å². The lowest BCUT2D eigenvalue weighted by atomic mass is 9.87. The highest BCUT2D eigenvalue weighted by Gasteiger charge is 2.40. The van der Waals surface area contributed by atoms with Crippen LogP contribution in [0, 0.1) is 0 Å². The quantitative estimate of drug-likeness (QED) is 0.285. The van der Waals surface area contributed by atoms with Gasteiger partial charge in [0.15, 0.2) is 0 Å². The van der Waals surface area contributed by atoms with Crippen LogP contribution in [0.25, 0.3) is 16.8 Å². The van der Waals surface area contributed by atoms with Crippen LogP contribution in [0.3, 0.4) is 0 Å². The van der Waals surface area contributed by atoms with E-state index in [4.69, 9.17) is 0 Å². The summed E-state index contributed by atoms with van der Waals surface area (Å²) >= 11 is 1.39. The molecule has 0 spiro atoms. The maximum Gasteiger partial charge on any atom is 0.245 e. The third-order valence-electron chi connectivity index (χ3n) is 6.60. The fraction of sp³-hybridized carbons (Fsp3) is 0.300. The Morgan fingerprint density at radius 1 is 0.842 bits per heavy atom. The summed E-state index contributed by atoms with van der Waals surface area (Å²) in [6.07, 6.45) is 3.27. The van der Waals surface area contributed by atoms with Gasteiger partial charge in [0.1, 0.15) is 5.54 Å². The fourth-order valence-electron chi connectivity index (χ4n) is 4.61. The van der Waals surface area contributed by atoms with E-state index in [9.17, 15) is 14.4 Å². The molecular formula is C30H34N4O3S. The second kappa shape index (κ2) is 13.8. The average Bonchev–Trinajstić information content (AvgIpc) is 2.94. The van der Waals surface area contributed by atoms with Gasteiger partial charge < -0.3 is 21.3 Å². The van der Waals surface area contributed by atoms with E-state index in [1.54, 1.807) is 0 Å². The first-order valence-corrected chi connectivity index (χ1v) is 14.0. The first-order valence-electron chi connectivity index (χ1n) is 12.9. The summed E-state index contributed by atoms with van der Waals surface area (Å²) < 4.78 is 0. The van der Waals surface area contributed by atoms with Crippen LogP contribution in [0.2, 0.25) is 0 Å². The van der Waals surface area contributed by atoms with Crippen molar-refractivity contribution in [1.29, 1.82) is 0 Å². The Morgan fingerprint density at radius 2 is 1.55 bits per heavy atom. The first kappa shape index (κ1) is 27.4. The maximum absolute atomic E-state index is 13.2. The number of fused-ring (bicyclic) bond motifs is 1. The zero-order valence-electron chi connectivity index (χ0n) is 21.4. The number of hydrogen-bond donors (Lipinski definition) is 4. The van der Waals surface area contributed by atoms with Crippen molar-refractivity contribution in [3.63, 3.8) is 0 Å². The molecule has 3 amide bonds. The Bertz CT molecular complexity index is 1270. The van der Waals surface area contributed by atoms with Gasteiger partial charge in [-0.1, -0.05) is 72.8 Å². The minimum absolute atomic E-state index is 0.0962. The van der Waals surface area contributed by atoms with Crippen molar-refractivity contribution in [2.45, 2.75) is 24.8 Å². The molecule has 1 aliphatic rings. The van der Waals surface area contributed by atoms with Gasteiger partial charge in [0.05, 0.1) is 12.2 Å². The summed E-state index contributed by atoms with van der Waals surface area (Å²) in [5.74, 6) is -0.245. The molecule has 1 aliphatic heterocycles. The maximum atomic E-state index is 13.2. The van der Waals surface area contributed by atoms with Crippen molar-refractivity contribution < 1.29 is 14.4 Å². The van der Waals surface area contributed by atoms with Crippen molar-refractivity contribution in [2.75, 3.05) is 31.9 Å². The van der Waals surface area contributed by atoms with Crippen LogP contribution in [0.5, 0.6) is 0 Å². The highest BCUT2D eigenvalue weighted by molar-refractivity contribution is 8.02. The summed E-state index contributed by atoms with van der Waals surface area (Å²) in [4.78, 5) is 38.4. The van der Waals surface area contributed by atoms with E-state index in [1.807, 2.05) is 84.3 Å². The third-order valence-corrected chi connectivity index (χ3v) is 7.36. The van der Waals surface area contributed by atoms with Crippen molar-refractivity contribution in [2.24, 2.45) is 0 Å². The van der Waals surface area contributed by atoms with Gasteiger partial charge in [0, 0.05) is 13.1 Å². The third kappa shape index (κ3) is 7.69. The molecule has 3 aromatic rings. The molecule has 3 aromatic carbocycles. The predicted molar refractivity (Wildman–Crippen MR) is 155 cm³/mol. The van der Waals surface area contributed by atoms with Gasteiger partial charge in [-0.15, -0.1) is 11.8 Å². The minimum Gasteiger partial charge on any atom is -0.354 e. The Kier molecular flexibility index (Phi) is 9.95. The molecule has 1 heterocycles. The smallest absolute Gasteiger partial charge is 0.245 e. The first-order chi connectivity index (χ1) is 18.6.